The van der Waals surface area contributed by atoms with E-state index >= 15 is 0 Å². The fourth-order valence-electron chi connectivity index (χ4n) is 1.19. The van der Waals surface area contributed by atoms with E-state index < -0.39 is 30.3 Å². The van der Waals surface area contributed by atoms with Crippen LogP contribution in [0.25, 0.3) is 6.08 Å². The van der Waals surface area contributed by atoms with Gasteiger partial charge in [0.25, 0.3) is 5.91 Å². The van der Waals surface area contributed by atoms with Crippen LogP contribution in [0.15, 0.2) is 24.3 Å². The van der Waals surface area contributed by atoms with Crippen LogP contribution in [0.1, 0.15) is 5.56 Å². The quantitative estimate of drug-likeness (QED) is 0.651. The summed E-state index contributed by atoms with van der Waals surface area (Å²) < 4.78 is 17.5. The van der Waals surface area contributed by atoms with E-state index in [1.165, 1.54) is 25.3 Å². The summed E-state index contributed by atoms with van der Waals surface area (Å²) in [5, 5.41) is 4.02. The van der Waals surface area contributed by atoms with Gasteiger partial charge < -0.3 is 10.1 Å². The van der Waals surface area contributed by atoms with E-state index in [0.29, 0.717) is 5.56 Å². The fourth-order valence-corrected chi connectivity index (χ4v) is 1.38. The highest BCUT2D eigenvalue weighted by Gasteiger charge is 2.08. The molecule has 0 aliphatic heterocycles. The monoisotopic (exact) mass is 314 g/mol. The smallest absolute Gasteiger partial charge is 0.331 e. The molecule has 0 fully saturated rings. The highest BCUT2D eigenvalue weighted by atomic mass is 35.5. The van der Waals surface area contributed by atoms with Crippen molar-refractivity contribution in [2.45, 2.75) is 0 Å². The standard InChI is InChI=1S/C13H12ClFN2O4/c1-16-13(20)17-11(18)7-21-12(19)5-3-8-2-4-10(15)9(14)6-8/h2-6H,7H2,1H3,(H2,16,17,18,20)/b5-3+. The Bertz CT molecular complexity index is 590. The Balaban J connectivity index is 2.46. The predicted molar refractivity (Wildman–Crippen MR) is 74.0 cm³/mol. The summed E-state index contributed by atoms with van der Waals surface area (Å²) in [5.74, 6) is -2.12. The number of nitrogens with one attached hydrogen (secondary N) is 2. The van der Waals surface area contributed by atoms with Crippen molar-refractivity contribution in [3.8, 4) is 0 Å². The molecule has 1 rings (SSSR count). The molecule has 0 aliphatic carbocycles. The molecule has 0 unspecified atom stereocenters. The summed E-state index contributed by atoms with van der Waals surface area (Å²) in [5.41, 5.74) is 0.494. The molecule has 0 saturated heterocycles. The second-order valence-corrected chi connectivity index (χ2v) is 4.15. The van der Waals surface area contributed by atoms with Gasteiger partial charge in [-0.05, 0) is 23.8 Å². The number of ether oxygens (including phenoxy) is 1. The minimum Gasteiger partial charge on any atom is -0.452 e. The number of imide groups is 1. The number of benzene rings is 1. The molecule has 3 amide bonds. The average Bonchev–Trinajstić information content (AvgIpc) is 2.46. The molecule has 21 heavy (non-hydrogen) atoms. The Morgan fingerprint density at radius 1 is 1.38 bits per heavy atom. The van der Waals surface area contributed by atoms with Gasteiger partial charge in [0.1, 0.15) is 5.82 Å². The zero-order chi connectivity index (χ0) is 15.8. The fraction of sp³-hybridized carbons (Fsp3) is 0.154. The van der Waals surface area contributed by atoms with Gasteiger partial charge in [0.05, 0.1) is 5.02 Å². The van der Waals surface area contributed by atoms with Crippen LogP contribution in [0, 0.1) is 5.82 Å². The van der Waals surface area contributed by atoms with Crippen molar-refractivity contribution in [1.82, 2.24) is 10.6 Å². The van der Waals surface area contributed by atoms with E-state index in [2.05, 4.69) is 10.1 Å². The maximum absolute atomic E-state index is 12.9. The van der Waals surface area contributed by atoms with Crippen molar-refractivity contribution >= 4 is 35.6 Å². The first kappa shape index (κ1) is 16.6. The molecule has 0 bridgehead atoms. The molecule has 6 nitrogen and oxygen atoms in total. The number of hydrogen-bond acceptors (Lipinski definition) is 4. The van der Waals surface area contributed by atoms with Crippen LogP contribution in [0.3, 0.4) is 0 Å². The van der Waals surface area contributed by atoms with Crippen LogP contribution in [-0.4, -0.2) is 31.6 Å². The van der Waals surface area contributed by atoms with Gasteiger partial charge in [-0.15, -0.1) is 0 Å². The van der Waals surface area contributed by atoms with E-state index in [-0.39, 0.29) is 5.02 Å². The third-order valence-electron chi connectivity index (χ3n) is 2.18. The molecule has 0 aromatic heterocycles. The Hall–Kier alpha value is -2.41. The summed E-state index contributed by atoms with van der Waals surface area (Å²) in [4.78, 5) is 33.3. The molecular formula is C13H12ClFN2O4. The number of esters is 1. The highest BCUT2D eigenvalue weighted by Crippen LogP contribution is 2.16. The van der Waals surface area contributed by atoms with Gasteiger partial charge in [0.15, 0.2) is 6.61 Å². The normalized spacial score (nSPS) is 10.2. The Labute approximate surface area is 124 Å². The zero-order valence-corrected chi connectivity index (χ0v) is 11.7. The van der Waals surface area contributed by atoms with Crippen molar-refractivity contribution < 1.29 is 23.5 Å². The topological polar surface area (TPSA) is 84.5 Å². The maximum Gasteiger partial charge on any atom is 0.331 e. The first-order valence-corrected chi connectivity index (χ1v) is 6.11. The SMILES string of the molecule is CNC(=O)NC(=O)COC(=O)/C=C/c1ccc(F)c(Cl)c1. The molecule has 8 heteroatoms. The van der Waals surface area contributed by atoms with Gasteiger partial charge >= 0.3 is 12.0 Å². The van der Waals surface area contributed by atoms with Crippen LogP contribution >= 0.6 is 11.6 Å². The number of amides is 3. The molecule has 112 valence electrons. The Morgan fingerprint density at radius 3 is 2.71 bits per heavy atom. The van der Waals surface area contributed by atoms with Crippen LogP contribution in [-0.2, 0) is 14.3 Å². The van der Waals surface area contributed by atoms with E-state index in [9.17, 15) is 18.8 Å². The minimum absolute atomic E-state index is 0.0736. The molecule has 1 aromatic carbocycles. The largest absolute Gasteiger partial charge is 0.452 e. The number of urea groups is 1. The first-order chi connectivity index (χ1) is 9.92. The maximum atomic E-state index is 12.9. The Morgan fingerprint density at radius 2 is 2.10 bits per heavy atom. The molecule has 0 saturated carbocycles. The summed E-state index contributed by atoms with van der Waals surface area (Å²) in [6.45, 7) is -0.596. The summed E-state index contributed by atoms with van der Waals surface area (Å²) in [6.07, 6.45) is 2.40. The van der Waals surface area contributed by atoms with Gasteiger partial charge in [0, 0.05) is 13.1 Å². The summed E-state index contributed by atoms with van der Waals surface area (Å²) in [7, 11) is 1.34. The van der Waals surface area contributed by atoms with Crippen LogP contribution in [0.4, 0.5) is 9.18 Å². The van der Waals surface area contributed by atoms with Gasteiger partial charge in [-0.3, -0.25) is 10.1 Å². The zero-order valence-electron chi connectivity index (χ0n) is 11.0. The van der Waals surface area contributed by atoms with Crippen molar-refractivity contribution in [2.75, 3.05) is 13.7 Å². The third-order valence-corrected chi connectivity index (χ3v) is 2.47. The number of hydrogen-bond donors (Lipinski definition) is 2. The lowest BCUT2D eigenvalue weighted by molar-refractivity contribution is -0.143. The highest BCUT2D eigenvalue weighted by molar-refractivity contribution is 6.30. The van der Waals surface area contributed by atoms with E-state index in [1.807, 2.05) is 5.32 Å². The van der Waals surface area contributed by atoms with Gasteiger partial charge in [-0.25, -0.2) is 14.0 Å². The second-order valence-electron chi connectivity index (χ2n) is 3.74. The lowest BCUT2D eigenvalue weighted by Gasteiger charge is -2.03. The number of halogens is 2. The lowest BCUT2D eigenvalue weighted by Crippen LogP contribution is -2.39. The number of carbonyl (C=O) groups excluding carboxylic acids is 3. The third kappa shape index (κ3) is 6.05. The molecule has 2 N–H and O–H groups in total. The van der Waals surface area contributed by atoms with Crippen molar-refractivity contribution in [2.24, 2.45) is 0 Å². The lowest BCUT2D eigenvalue weighted by atomic mass is 10.2. The van der Waals surface area contributed by atoms with Crippen LogP contribution in [0.5, 0.6) is 0 Å². The van der Waals surface area contributed by atoms with Crippen molar-refractivity contribution in [1.29, 1.82) is 0 Å². The molecular weight excluding hydrogens is 303 g/mol. The van der Waals surface area contributed by atoms with Gasteiger partial charge in [-0.2, -0.15) is 0 Å². The summed E-state index contributed by atoms with van der Waals surface area (Å²) >= 11 is 5.58. The summed E-state index contributed by atoms with van der Waals surface area (Å²) in [6, 6.07) is 3.21. The van der Waals surface area contributed by atoms with E-state index in [0.717, 1.165) is 12.1 Å². The van der Waals surface area contributed by atoms with Crippen molar-refractivity contribution in [3.63, 3.8) is 0 Å². The molecule has 0 atom stereocenters. The van der Waals surface area contributed by atoms with Gasteiger partial charge in [-0.1, -0.05) is 17.7 Å². The molecule has 0 aliphatic rings. The second kappa shape index (κ2) is 8.01. The number of carbonyl (C=O) groups is 3. The van der Waals surface area contributed by atoms with Gasteiger partial charge in [0.2, 0.25) is 0 Å². The average molecular weight is 315 g/mol. The number of rotatable bonds is 4. The van der Waals surface area contributed by atoms with E-state index in [1.54, 1.807) is 0 Å². The Kier molecular flexibility index (Phi) is 6.35. The van der Waals surface area contributed by atoms with Crippen molar-refractivity contribution in [3.05, 3.63) is 40.7 Å². The van der Waals surface area contributed by atoms with Crippen LogP contribution in [0.2, 0.25) is 5.02 Å². The van der Waals surface area contributed by atoms with Crippen LogP contribution < -0.4 is 10.6 Å². The van der Waals surface area contributed by atoms with E-state index in [4.69, 9.17) is 11.6 Å². The minimum atomic E-state index is -0.789. The molecule has 0 heterocycles. The molecule has 1 aromatic rings. The first-order valence-electron chi connectivity index (χ1n) is 5.74. The molecule has 0 radical (unpaired) electrons. The predicted octanol–water partition coefficient (Wildman–Crippen LogP) is 1.49. The molecule has 0 spiro atoms.